The maximum Gasteiger partial charge on any atom is 0.132 e. The van der Waals surface area contributed by atoms with Crippen LogP contribution in [0, 0.1) is 6.92 Å². The number of benzene rings is 1. The fourth-order valence-electron chi connectivity index (χ4n) is 2.48. The molecule has 0 unspecified atom stereocenters. The topological polar surface area (TPSA) is 50.7 Å². The Morgan fingerprint density at radius 2 is 1.76 bits per heavy atom. The summed E-state index contributed by atoms with van der Waals surface area (Å²) in [7, 11) is 0. The molecule has 5 heteroatoms. The molecule has 122 valence electrons. The van der Waals surface area contributed by atoms with Gasteiger partial charge in [-0.15, -0.1) is 11.3 Å². The molecule has 3 aromatic heterocycles. The standard InChI is InChI=1S/C20H16N4S/c1-14-10-11-21-19(12-14)24-18-9-5-8-16(23-18)17-13-22-20(25-17)15-6-3-2-4-7-15/h2-13H,1H3,(H,21,23,24). The molecule has 1 aromatic carbocycles. The number of nitrogens with one attached hydrogen (secondary N) is 1. The van der Waals surface area contributed by atoms with Crippen LogP contribution >= 0.6 is 11.3 Å². The number of pyridine rings is 2. The predicted octanol–water partition coefficient (Wildman–Crippen LogP) is 5.32. The molecule has 4 aromatic rings. The second kappa shape index (κ2) is 6.83. The van der Waals surface area contributed by atoms with Gasteiger partial charge in [0.15, 0.2) is 0 Å². The molecule has 4 rings (SSSR count). The van der Waals surface area contributed by atoms with Gasteiger partial charge in [-0.3, -0.25) is 0 Å². The Bertz CT molecular complexity index is 995. The van der Waals surface area contributed by atoms with Gasteiger partial charge in [0, 0.05) is 18.0 Å². The minimum absolute atomic E-state index is 0.769. The molecule has 0 aliphatic heterocycles. The lowest BCUT2D eigenvalue weighted by Crippen LogP contribution is -1.96. The van der Waals surface area contributed by atoms with Crippen molar-refractivity contribution in [1.29, 1.82) is 0 Å². The number of rotatable bonds is 4. The molecule has 0 aliphatic rings. The van der Waals surface area contributed by atoms with Crippen molar-refractivity contribution in [3.63, 3.8) is 0 Å². The minimum atomic E-state index is 0.769. The summed E-state index contributed by atoms with van der Waals surface area (Å²) in [6.07, 6.45) is 3.67. The molecule has 0 radical (unpaired) electrons. The molecule has 0 bridgehead atoms. The molecule has 0 atom stereocenters. The van der Waals surface area contributed by atoms with E-state index in [1.165, 1.54) is 0 Å². The van der Waals surface area contributed by atoms with Gasteiger partial charge in [0.25, 0.3) is 0 Å². The summed E-state index contributed by atoms with van der Waals surface area (Å²) in [5.74, 6) is 1.56. The van der Waals surface area contributed by atoms with Crippen molar-refractivity contribution in [2.75, 3.05) is 5.32 Å². The van der Waals surface area contributed by atoms with E-state index in [0.717, 1.165) is 38.3 Å². The molecular formula is C20H16N4S. The average molecular weight is 344 g/mol. The molecule has 0 spiro atoms. The Balaban J connectivity index is 1.60. The van der Waals surface area contributed by atoms with Crippen LogP contribution in [0.15, 0.2) is 73.1 Å². The zero-order valence-electron chi connectivity index (χ0n) is 13.7. The summed E-state index contributed by atoms with van der Waals surface area (Å²) >= 11 is 1.64. The van der Waals surface area contributed by atoms with E-state index in [0.29, 0.717) is 0 Å². The Morgan fingerprint density at radius 1 is 0.880 bits per heavy atom. The van der Waals surface area contributed by atoms with E-state index in [2.05, 4.69) is 27.4 Å². The van der Waals surface area contributed by atoms with Gasteiger partial charge in [-0.1, -0.05) is 36.4 Å². The smallest absolute Gasteiger partial charge is 0.132 e. The number of thiazole rings is 1. The Kier molecular flexibility index (Phi) is 4.23. The lowest BCUT2D eigenvalue weighted by molar-refractivity contribution is 1.24. The highest BCUT2D eigenvalue weighted by molar-refractivity contribution is 7.18. The van der Waals surface area contributed by atoms with Gasteiger partial charge in [0.05, 0.1) is 10.6 Å². The molecule has 0 amide bonds. The molecule has 0 aliphatic carbocycles. The van der Waals surface area contributed by atoms with Crippen LogP contribution in [0.1, 0.15) is 5.56 Å². The summed E-state index contributed by atoms with van der Waals surface area (Å²) in [4.78, 5) is 14.6. The van der Waals surface area contributed by atoms with E-state index in [9.17, 15) is 0 Å². The lowest BCUT2D eigenvalue weighted by atomic mass is 10.2. The predicted molar refractivity (Wildman–Crippen MR) is 103 cm³/mol. The van der Waals surface area contributed by atoms with Crippen molar-refractivity contribution in [3.8, 4) is 21.1 Å². The average Bonchev–Trinajstić information content (AvgIpc) is 3.13. The van der Waals surface area contributed by atoms with Crippen LogP contribution in [-0.2, 0) is 0 Å². The fraction of sp³-hybridized carbons (Fsp3) is 0.0500. The van der Waals surface area contributed by atoms with Gasteiger partial charge in [0.1, 0.15) is 16.6 Å². The quantitative estimate of drug-likeness (QED) is 0.544. The molecular weight excluding hydrogens is 328 g/mol. The SMILES string of the molecule is Cc1ccnc(Nc2cccc(-c3cnc(-c4ccccc4)s3)n2)c1. The molecule has 3 heterocycles. The molecule has 1 N–H and O–H groups in total. The minimum Gasteiger partial charge on any atom is -0.325 e. The first-order valence-corrected chi connectivity index (χ1v) is 8.78. The maximum absolute atomic E-state index is 4.69. The lowest BCUT2D eigenvalue weighted by Gasteiger charge is -2.06. The molecule has 25 heavy (non-hydrogen) atoms. The van der Waals surface area contributed by atoms with E-state index in [-0.39, 0.29) is 0 Å². The van der Waals surface area contributed by atoms with Crippen LogP contribution in [0.3, 0.4) is 0 Å². The van der Waals surface area contributed by atoms with Crippen molar-refractivity contribution >= 4 is 23.0 Å². The first-order chi connectivity index (χ1) is 12.3. The van der Waals surface area contributed by atoms with Crippen LogP contribution in [0.5, 0.6) is 0 Å². The summed E-state index contributed by atoms with van der Waals surface area (Å²) in [5, 5.41) is 4.25. The van der Waals surface area contributed by atoms with Gasteiger partial charge in [-0.05, 0) is 36.8 Å². The molecule has 0 saturated carbocycles. The van der Waals surface area contributed by atoms with Crippen LogP contribution in [0.25, 0.3) is 21.1 Å². The third-order valence-electron chi connectivity index (χ3n) is 3.70. The fourth-order valence-corrected chi connectivity index (χ4v) is 3.38. The number of hydrogen-bond acceptors (Lipinski definition) is 5. The van der Waals surface area contributed by atoms with Gasteiger partial charge >= 0.3 is 0 Å². The molecule has 0 fully saturated rings. The number of nitrogens with zero attached hydrogens (tertiary/aromatic N) is 3. The highest BCUT2D eigenvalue weighted by atomic mass is 32.1. The number of aryl methyl sites for hydroxylation is 1. The van der Waals surface area contributed by atoms with E-state index in [1.807, 2.05) is 61.7 Å². The second-order valence-corrected chi connectivity index (χ2v) is 6.68. The van der Waals surface area contributed by atoms with Gasteiger partial charge in [0.2, 0.25) is 0 Å². The molecule has 0 saturated heterocycles. The third-order valence-corrected chi connectivity index (χ3v) is 4.77. The second-order valence-electron chi connectivity index (χ2n) is 5.65. The van der Waals surface area contributed by atoms with Crippen LogP contribution in [0.4, 0.5) is 11.6 Å². The number of hydrogen-bond donors (Lipinski definition) is 1. The van der Waals surface area contributed by atoms with Gasteiger partial charge < -0.3 is 5.32 Å². The normalized spacial score (nSPS) is 10.6. The summed E-state index contributed by atoms with van der Waals surface area (Å²) < 4.78 is 0. The Morgan fingerprint density at radius 3 is 2.60 bits per heavy atom. The van der Waals surface area contributed by atoms with Crippen molar-refractivity contribution in [2.24, 2.45) is 0 Å². The van der Waals surface area contributed by atoms with Crippen LogP contribution in [-0.4, -0.2) is 15.0 Å². The summed E-state index contributed by atoms with van der Waals surface area (Å²) in [5.41, 5.74) is 3.18. The van der Waals surface area contributed by atoms with E-state index < -0.39 is 0 Å². The highest BCUT2D eigenvalue weighted by Crippen LogP contribution is 2.31. The Hall–Kier alpha value is -3.05. The summed E-state index contributed by atoms with van der Waals surface area (Å²) in [6, 6.07) is 20.1. The third kappa shape index (κ3) is 3.56. The van der Waals surface area contributed by atoms with Crippen molar-refractivity contribution in [1.82, 2.24) is 15.0 Å². The zero-order valence-corrected chi connectivity index (χ0v) is 14.5. The number of anilines is 2. The summed E-state index contributed by atoms with van der Waals surface area (Å²) in [6.45, 7) is 2.04. The monoisotopic (exact) mass is 344 g/mol. The van der Waals surface area contributed by atoms with Crippen molar-refractivity contribution in [2.45, 2.75) is 6.92 Å². The van der Waals surface area contributed by atoms with Crippen LogP contribution in [0.2, 0.25) is 0 Å². The Labute approximate surface area is 150 Å². The van der Waals surface area contributed by atoms with Crippen molar-refractivity contribution in [3.05, 3.63) is 78.6 Å². The maximum atomic E-state index is 4.69. The van der Waals surface area contributed by atoms with E-state index >= 15 is 0 Å². The first kappa shape index (κ1) is 15.5. The highest BCUT2D eigenvalue weighted by Gasteiger charge is 2.08. The van der Waals surface area contributed by atoms with Crippen molar-refractivity contribution < 1.29 is 0 Å². The molecule has 4 nitrogen and oxygen atoms in total. The van der Waals surface area contributed by atoms with Crippen LogP contribution < -0.4 is 5.32 Å². The largest absolute Gasteiger partial charge is 0.325 e. The van der Waals surface area contributed by atoms with Gasteiger partial charge in [-0.2, -0.15) is 0 Å². The zero-order chi connectivity index (χ0) is 17.1. The van der Waals surface area contributed by atoms with E-state index in [1.54, 1.807) is 17.5 Å². The van der Waals surface area contributed by atoms with E-state index in [4.69, 9.17) is 4.98 Å². The first-order valence-electron chi connectivity index (χ1n) is 7.96. The van der Waals surface area contributed by atoms with Gasteiger partial charge in [-0.25, -0.2) is 15.0 Å². The number of aromatic nitrogens is 3.